The number of anilines is 1. The fraction of sp³-hybridized carbons (Fsp3) is 0.480. The normalized spacial score (nSPS) is 15.3. The zero-order chi connectivity index (χ0) is 24.9. The van der Waals surface area contributed by atoms with Gasteiger partial charge in [0.2, 0.25) is 5.91 Å². The number of aryl methyl sites for hydroxylation is 2. The van der Waals surface area contributed by atoms with Gasteiger partial charge in [-0.1, -0.05) is 19.8 Å². The monoisotopic (exact) mass is 495 g/mol. The van der Waals surface area contributed by atoms with Gasteiger partial charge in [0.1, 0.15) is 5.69 Å². The molecule has 1 saturated heterocycles. The van der Waals surface area contributed by atoms with Gasteiger partial charge in [-0.25, -0.2) is 14.6 Å². The number of rotatable bonds is 8. The van der Waals surface area contributed by atoms with Crippen LogP contribution in [-0.4, -0.2) is 55.6 Å². The van der Waals surface area contributed by atoms with E-state index in [0.29, 0.717) is 30.3 Å². The number of thiazole rings is 1. The molecule has 2 amide bonds. The number of unbranched alkanes of at least 4 members (excludes halogenated alkanes) is 1. The van der Waals surface area contributed by atoms with E-state index in [-0.39, 0.29) is 17.7 Å². The minimum absolute atomic E-state index is 0.0472. The Balaban J connectivity index is 1.38. The van der Waals surface area contributed by atoms with Crippen LogP contribution in [0.3, 0.4) is 0 Å². The molecule has 0 spiro atoms. The molecule has 0 aromatic carbocycles. The van der Waals surface area contributed by atoms with E-state index in [0.717, 1.165) is 48.5 Å². The van der Waals surface area contributed by atoms with E-state index >= 15 is 0 Å². The van der Waals surface area contributed by atoms with Gasteiger partial charge >= 0.3 is 0 Å². The molecule has 1 fully saturated rings. The lowest BCUT2D eigenvalue weighted by atomic mass is 9.96. The number of hydrogen-bond donors (Lipinski definition) is 2. The average molecular weight is 496 g/mol. The van der Waals surface area contributed by atoms with Crippen LogP contribution < -0.4 is 11.1 Å². The summed E-state index contributed by atoms with van der Waals surface area (Å²) in [5.41, 5.74) is 8.85. The van der Waals surface area contributed by atoms with Crippen LogP contribution in [-0.2, 0) is 4.79 Å². The third-order valence-electron chi connectivity index (χ3n) is 6.34. The van der Waals surface area contributed by atoms with Crippen molar-refractivity contribution in [3.05, 3.63) is 51.9 Å². The third-order valence-corrected chi connectivity index (χ3v) is 7.35. The number of hydrogen-bond acceptors (Lipinski definition) is 7. The number of carbonyl (C=O) groups is 2. The minimum Gasteiger partial charge on any atom is -0.341 e. The molecule has 1 aliphatic rings. The van der Waals surface area contributed by atoms with Crippen LogP contribution in [0.15, 0.2) is 29.8 Å². The summed E-state index contributed by atoms with van der Waals surface area (Å²) in [6.07, 6.45) is 6.06. The molecule has 0 radical (unpaired) electrons. The number of nitrogens with two attached hydrogens (primary N) is 1. The molecule has 9 nitrogen and oxygen atoms in total. The molecule has 1 aliphatic heterocycles. The lowest BCUT2D eigenvalue weighted by Crippen LogP contribution is -2.46. The fourth-order valence-electron chi connectivity index (χ4n) is 4.40. The molecule has 4 heterocycles. The van der Waals surface area contributed by atoms with Gasteiger partial charge in [-0.3, -0.25) is 9.59 Å². The van der Waals surface area contributed by atoms with Crippen molar-refractivity contribution in [1.82, 2.24) is 24.6 Å². The SMILES string of the molecule is CCCCC(N)C(=O)N1CCC(c2nc(C(=O)Nc3cccnc3-n3nc(C)cc3C)cs2)CC1. The van der Waals surface area contributed by atoms with Crippen LogP contribution >= 0.6 is 11.3 Å². The van der Waals surface area contributed by atoms with E-state index in [9.17, 15) is 9.59 Å². The number of nitrogens with zero attached hydrogens (tertiary/aromatic N) is 5. The zero-order valence-corrected chi connectivity index (χ0v) is 21.3. The summed E-state index contributed by atoms with van der Waals surface area (Å²) in [7, 11) is 0. The van der Waals surface area contributed by atoms with Crippen LogP contribution in [0.4, 0.5) is 5.69 Å². The van der Waals surface area contributed by atoms with Gasteiger partial charge in [-0.05, 0) is 51.3 Å². The molecule has 0 bridgehead atoms. The van der Waals surface area contributed by atoms with E-state index in [1.165, 1.54) is 11.3 Å². The third kappa shape index (κ3) is 5.76. The van der Waals surface area contributed by atoms with Crippen LogP contribution in [0.2, 0.25) is 0 Å². The molecule has 1 atom stereocenters. The maximum absolute atomic E-state index is 13.0. The second kappa shape index (κ2) is 11.1. The van der Waals surface area contributed by atoms with Gasteiger partial charge in [0.05, 0.1) is 22.4 Å². The van der Waals surface area contributed by atoms with Gasteiger partial charge in [-0.2, -0.15) is 5.10 Å². The standard InChI is InChI=1S/C25H33N7O2S/c1-4-5-7-19(26)25(34)31-12-9-18(10-13-31)24-29-21(15-35-24)23(33)28-20-8-6-11-27-22(20)32-17(3)14-16(2)30-32/h6,8,11,14-15,18-19H,4-5,7,9-10,12-13,26H2,1-3H3,(H,28,33). The van der Waals surface area contributed by atoms with Crippen molar-refractivity contribution in [2.75, 3.05) is 18.4 Å². The summed E-state index contributed by atoms with van der Waals surface area (Å²) < 4.78 is 1.72. The number of pyridine rings is 1. The number of piperidine rings is 1. The van der Waals surface area contributed by atoms with Crippen molar-refractivity contribution in [2.24, 2.45) is 5.73 Å². The lowest BCUT2D eigenvalue weighted by Gasteiger charge is -2.32. The minimum atomic E-state index is -0.409. The number of amides is 2. The first kappa shape index (κ1) is 25.0. The Morgan fingerprint density at radius 3 is 2.74 bits per heavy atom. The van der Waals surface area contributed by atoms with Crippen LogP contribution in [0, 0.1) is 13.8 Å². The molecule has 35 heavy (non-hydrogen) atoms. The van der Waals surface area contributed by atoms with E-state index < -0.39 is 6.04 Å². The predicted molar refractivity (Wildman–Crippen MR) is 137 cm³/mol. The van der Waals surface area contributed by atoms with Crippen molar-refractivity contribution in [2.45, 2.75) is 64.8 Å². The molecule has 186 valence electrons. The molecule has 3 aromatic heterocycles. The van der Waals surface area contributed by atoms with Crippen molar-refractivity contribution in [3.63, 3.8) is 0 Å². The van der Waals surface area contributed by atoms with E-state index in [2.05, 4.69) is 27.3 Å². The quantitative estimate of drug-likeness (QED) is 0.490. The molecule has 3 aromatic rings. The first-order valence-corrected chi connectivity index (χ1v) is 13.0. The van der Waals surface area contributed by atoms with Crippen molar-refractivity contribution in [3.8, 4) is 5.82 Å². The Morgan fingerprint density at radius 1 is 1.29 bits per heavy atom. The Hall–Kier alpha value is -3.11. The van der Waals surface area contributed by atoms with Crippen molar-refractivity contribution < 1.29 is 9.59 Å². The van der Waals surface area contributed by atoms with Crippen molar-refractivity contribution in [1.29, 1.82) is 0 Å². The second-order valence-electron chi connectivity index (χ2n) is 9.09. The highest BCUT2D eigenvalue weighted by atomic mass is 32.1. The van der Waals surface area contributed by atoms with Gasteiger partial charge in [-0.15, -0.1) is 11.3 Å². The highest BCUT2D eigenvalue weighted by Crippen LogP contribution is 2.31. The largest absolute Gasteiger partial charge is 0.341 e. The average Bonchev–Trinajstić information content (AvgIpc) is 3.49. The van der Waals surface area contributed by atoms with Gasteiger partial charge < -0.3 is 16.0 Å². The number of likely N-dealkylation sites (tertiary alicyclic amines) is 1. The summed E-state index contributed by atoms with van der Waals surface area (Å²) in [4.78, 5) is 36.5. The van der Waals surface area contributed by atoms with Gasteiger partial charge in [0, 0.05) is 36.3 Å². The smallest absolute Gasteiger partial charge is 0.275 e. The molecule has 0 aliphatic carbocycles. The molecular weight excluding hydrogens is 462 g/mol. The molecule has 0 saturated carbocycles. The number of aromatic nitrogens is 4. The highest BCUT2D eigenvalue weighted by molar-refractivity contribution is 7.10. The first-order valence-electron chi connectivity index (χ1n) is 12.2. The topological polar surface area (TPSA) is 119 Å². The number of carbonyl (C=O) groups excluding carboxylic acids is 2. The molecule has 3 N–H and O–H groups in total. The Labute approximate surface area is 209 Å². The molecule has 1 unspecified atom stereocenters. The van der Waals surface area contributed by atoms with Gasteiger partial charge in [0.15, 0.2) is 5.82 Å². The predicted octanol–water partition coefficient (Wildman–Crippen LogP) is 3.82. The summed E-state index contributed by atoms with van der Waals surface area (Å²) in [5, 5.41) is 10.2. The zero-order valence-electron chi connectivity index (χ0n) is 20.5. The van der Waals surface area contributed by atoms with E-state index in [1.807, 2.05) is 30.9 Å². The van der Waals surface area contributed by atoms with E-state index in [4.69, 9.17) is 5.73 Å². The maximum atomic E-state index is 13.0. The Bertz CT molecular complexity index is 1180. The summed E-state index contributed by atoms with van der Waals surface area (Å²) in [6.45, 7) is 7.31. The summed E-state index contributed by atoms with van der Waals surface area (Å²) in [5.74, 6) is 0.570. The molecular formula is C25H33N7O2S. The van der Waals surface area contributed by atoms with Crippen molar-refractivity contribution >= 4 is 28.8 Å². The maximum Gasteiger partial charge on any atom is 0.275 e. The van der Waals surface area contributed by atoms with Gasteiger partial charge in [0.25, 0.3) is 5.91 Å². The van der Waals surface area contributed by atoms with Crippen LogP contribution in [0.25, 0.3) is 5.82 Å². The Kier molecular flexibility index (Phi) is 7.92. The van der Waals surface area contributed by atoms with Crippen LogP contribution in [0.1, 0.15) is 71.8 Å². The Morgan fingerprint density at radius 2 is 2.06 bits per heavy atom. The second-order valence-corrected chi connectivity index (χ2v) is 9.98. The summed E-state index contributed by atoms with van der Waals surface area (Å²) >= 11 is 1.50. The fourth-order valence-corrected chi connectivity index (χ4v) is 5.37. The molecule has 10 heteroatoms. The lowest BCUT2D eigenvalue weighted by molar-refractivity contribution is -0.133. The van der Waals surface area contributed by atoms with E-state index in [1.54, 1.807) is 22.3 Å². The first-order chi connectivity index (χ1) is 16.9. The highest BCUT2D eigenvalue weighted by Gasteiger charge is 2.28. The summed E-state index contributed by atoms with van der Waals surface area (Å²) in [6, 6.07) is 5.14. The van der Waals surface area contributed by atoms with Crippen LogP contribution in [0.5, 0.6) is 0 Å². The molecule has 4 rings (SSSR count). The number of nitrogens with one attached hydrogen (secondary N) is 1.